The summed E-state index contributed by atoms with van der Waals surface area (Å²) in [4.78, 5) is 0. The summed E-state index contributed by atoms with van der Waals surface area (Å²) in [5, 5.41) is 10.4. The molecule has 18 heavy (non-hydrogen) atoms. The van der Waals surface area contributed by atoms with Gasteiger partial charge in [0.15, 0.2) is 0 Å². The average Bonchev–Trinajstić information content (AvgIpc) is 2.40. The highest BCUT2D eigenvalue weighted by atomic mass is 16.5. The summed E-state index contributed by atoms with van der Waals surface area (Å²) in [7, 11) is 0. The van der Waals surface area contributed by atoms with Gasteiger partial charge in [-0.05, 0) is 30.2 Å². The van der Waals surface area contributed by atoms with Crippen molar-refractivity contribution < 1.29 is 9.84 Å². The summed E-state index contributed by atoms with van der Waals surface area (Å²) in [6.07, 6.45) is 1.55. The zero-order valence-corrected chi connectivity index (χ0v) is 10.4. The molecule has 92 valence electrons. The minimum atomic E-state index is -0.582. The van der Waals surface area contributed by atoms with E-state index in [1.54, 1.807) is 0 Å². The van der Waals surface area contributed by atoms with Crippen molar-refractivity contribution in [1.29, 1.82) is 0 Å². The Kier molecular flexibility index (Phi) is 2.80. The van der Waals surface area contributed by atoms with Crippen LogP contribution in [-0.2, 0) is 6.42 Å². The molecule has 0 bridgehead atoms. The van der Waals surface area contributed by atoms with Gasteiger partial charge in [-0.3, -0.25) is 0 Å². The lowest BCUT2D eigenvalue weighted by Gasteiger charge is -2.25. The van der Waals surface area contributed by atoms with E-state index < -0.39 is 6.10 Å². The molecule has 1 unspecified atom stereocenters. The van der Waals surface area contributed by atoms with Gasteiger partial charge in [0.25, 0.3) is 0 Å². The van der Waals surface area contributed by atoms with Crippen LogP contribution in [0, 0.1) is 0 Å². The van der Waals surface area contributed by atoms with Crippen LogP contribution in [0.25, 0.3) is 0 Å². The largest absolute Gasteiger partial charge is 0.457 e. The first-order valence-electron chi connectivity index (χ1n) is 6.37. The van der Waals surface area contributed by atoms with E-state index in [1.165, 1.54) is 5.56 Å². The maximum absolute atomic E-state index is 10.4. The predicted octanol–water partition coefficient (Wildman–Crippen LogP) is 3.83. The third kappa shape index (κ3) is 1.79. The molecule has 2 heteroatoms. The summed E-state index contributed by atoms with van der Waals surface area (Å²) in [5.41, 5.74) is 2.97. The van der Waals surface area contributed by atoms with Crippen LogP contribution in [0.5, 0.6) is 11.5 Å². The standard InChI is InChI=1S/C16H16O2/c1-2-5-11-8-9-15-13(10-11)16(17)12-6-3-4-7-14(12)18-15/h3-4,6-10,16-17H,2,5H2,1H3. The normalized spacial score (nSPS) is 16.7. The van der Waals surface area contributed by atoms with Crippen LogP contribution in [0.4, 0.5) is 0 Å². The number of hydrogen-bond acceptors (Lipinski definition) is 2. The number of benzene rings is 2. The Morgan fingerprint density at radius 3 is 2.67 bits per heavy atom. The second-order valence-electron chi connectivity index (χ2n) is 4.66. The Morgan fingerprint density at radius 1 is 1.06 bits per heavy atom. The lowest BCUT2D eigenvalue weighted by molar-refractivity contribution is 0.203. The highest BCUT2D eigenvalue weighted by Gasteiger charge is 2.25. The first-order chi connectivity index (χ1) is 8.79. The van der Waals surface area contributed by atoms with Crippen LogP contribution in [0.1, 0.15) is 36.1 Å². The maximum Gasteiger partial charge on any atom is 0.133 e. The van der Waals surface area contributed by atoms with E-state index in [0.29, 0.717) is 0 Å². The van der Waals surface area contributed by atoms with Crippen molar-refractivity contribution in [2.45, 2.75) is 25.9 Å². The molecule has 0 saturated heterocycles. The van der Waals surface area contributed by atoms with Crippen LogP contribution >= 0.6 is 0 Å². The van der Waals surface area contributed by atoms with Gasteiger partial charge in [-0.2, -0.15) is 0 Å². The molecule has 2 aromatic rings. The van der Waals surface area contributed by atoms with Crippen LogP contribution in [0.2, 0.25) is 0 Å². The van der Waals surface area contributed by atoms with Crippen molar-refractivity contribution in [3.8, 4) is 11.5 Å². The van der Waals surface area contributed by atoms with Gasteiger partial charge in [-0.1, -0.05) is 37.6 Å². The molecule has 3 rings (SSSR count). The van der Waals surface area contributed by atoms with Crippen LogP contribution in [0.3, 0.4) is 0 Å². The van der Waals surface area contributed by atoms with Gasteiger partial charge in [0, 0.05) is 11.1 Å². The van der Waals surface area contributed by atoms with Crippen molar-refractivity contribution in [3.05, 3.63) is 59.2 Å². The van der Waals surface area contributed by atoms with E-state index in [0.717, 1.165) is 35.5 Å². The quantitative estimate of drug-likeness (QED) is 0.864. The fourth-order valence-electron chi connectivity index (χ4n) is 2.43. The lowest BCUT2D eigenvalue weighted by Crippen LogP contribution is -2.09. The lowest BCUT2D eigenvalue weighted by atomic mass is 9.95. The minimum absolute atomic E-state index is 0.582. The fraction of sp³-hybridized carbons (Fsp3) is 0.250. The SMILES string of the molecule is CCCc1ccc2c(c1)C(O)c1ccccc1O2. The average molecular weight is 240 g/mol. The van der Waals surface area contributed by atoms with Crippen LogP contribution in [0.15, 0.2) is 42.5 Å². The molecule has 2 nitrogen and oxygen atoms in total. The first kappa shape index (κ1) is 11.3. The Bertz CT molecular complexity index is 575. The molecule has 1 N–H and O–H groups in total. The Labute approximate surface area is 107 Å². The summed E-state index contributed by atoms with van der Waals surface area (Å²) < 4.78 is 5.82. The number of aliphatic hydroxyl groups excluding tert-OH is 1. The Morgan fingerprint density at radius 2 is 1.83 bits per heavy atom. The molecular formula is C16H16O2. The molecule has 0 radical (unpaired) electrons. The number of aryl methyl sites for hydroxylation is 1. The third-order valence-corrected chi connectivity index (χ3v) is 3.34. The molecule has 1 aliphatic rings. The van der Waals surface area contributed by atoms with Gasteiger partial charge < -0.3 is 9.84 Å². The van der Waals surface area contributed by atoms with Crippen molar-refractivity contribution in [2.24, 2.45) is 0 Å². The van der Waals surface area contributed by atoms with Crippen molar-refractivity contribution in [3.63, 3.8) is 0 Å². The van der Waals surface area contributed by atoms with Crippen LogP contribution in [-0.4, -0.2) is 5.11 Å². The second kappa shape index (κ2) is 4.46. The molecule has 1 heterocycles. The molecule has 0 aliphatic carbocycles. The molecule has 1 atom stereocenters. The summed E-state index contributed by atoms with van der Waals surface area (Å²) in [6, 6.07) is 13.7. The highest BCUT2D eigenvalue weighted by Crippen LogP contribution is 2.42. The van der Waals surface area contributed by atoms with Crippen molar-refractivity contribution >= 4 is 0 Å². The number of ether oxygens (including phenoxy) is 1. The van der Waals surface area contributed by atoms with Gasteiger partial charge in [-0.25, -0.2) is 0 Å². The highest BCUT2D eigenvalue weighted by molar-refractivity contribution is 5.52. The topological polar surface area (TPSA) is 29.5 Å². The van der Waals surface area contributed by atoms with Gasteiger partial charge in [0.2, 0.25) is 0 Å². The van der Waals surface area contributed by atoms with E-state index in [1.807, 2.05) is 30.3 Å². The molecule has 0 spiro atoms. The number of fused-ring (bicyclic) bond motifs is 2. The van der Waals surface area contributed by atoms with E-state index >= 15 is 0 Å². The van der Waals surface area contributed by atoms with E-state index in [4.69, 9.17) is 4.74 Å². The van der Waals surface area contributed by atoms with E-state index in [2.05, 4.69) is 19.1 Å². The van der Waals surface area contributed by atoms with Gasteiger partial charge >= 0.3 is 0 Å². The monoisotopic (exact) mass is 240 g/mol. The molecular weight excluding hydrogens is 224 g/mol. The van der Waals surface area contributed by atoms with Crippen LogP contribution < -0.4 is 4.74 Å². The van der Waals surface area contributed by atoms with Gasteiger partial charge in [0.05, 0.1) is 0 Å². The van der Waals surface area contributed by atoms with Crippen molar-refractivity contribution in [2.75, 3.05) is 0 Å². The summed E-state index contributed by atoms with van der Waals surface area (Å²) in [6.45, 7) is 2.15. The molecule has 0 fully saturated rings. The third-order valence-electron chi connectivity index (χ3n) is 3.34. The van der Waals surface area contributed by atoms with Gasteiger partial charge in [-0.15, -0.1) is 0 Å². The molecule has 0 amide bonds. The van der Waals surface area contributed by atoms with Crippen molar-refractivity contribution in [1.82, 2.24) is 0 Å². The maximum atomic E-state index is 10.4. The zero-order chi connectivity index (χ0) is 12.5. The first-order valence-corrected chi connectivity index (χ1v) is 6.37. The number of hydrogen-bond donors (Lipinski definition) is 1. The Hall–Kier alpha value is -1.80. The number of rotatable bonds is 2. The zero-order valence-electron chi connectivity index (χ0n) is 10.4. The van der Waals surface area contributed by atoms with Gasteiger partial charge in [0.1, 0.15) is 17.6 Å². The Balaban J connectivity index is 2.05. The van der Waals surface area contributed by atoms with E-state index in [-0.39, 0.29) is 0 Å². The summed E-state index contributed by atoms with van der Waals surface area (Å²) >= 11 is 0. The summed E-state index contributed by atoms with van der Waals surface area (Å²) in [5.74, 6) is 1.52. The molecule has 0 saturated carbocycles. The number of aliphatic hydroxyl groups is 1. The smallest absolute Gasteiger partial charge is 0.133 e. The number of para-hydroxylation sites is 1. The second-order valence-corrected chi connectivity index (χ2v) is 4.66. The fourth-order valence-corrected chi connectivity index (χ4v) is 2.43. The van der Waals surface area contributed by atoms with E-state index in [9.17, 15) is 5.11 Å². The predicted molar refractivity (Wildman–Crippen MR) is 71.0 cm³/mol. The molecule has 2 aromatic carbocycles. The molecule has 0 aromatic heterocycles. The molecule has 1 aliphatic heterocycles. The minimum Gasteiger partial charge on any atom is -0.457 e.